The molecule has 0 fully saturated rings. The molecule has 0 heterocycles. The molecule has 0 spiro atoms. The average Bonchev–Trinajstić information content (AvgIpc) is 2.11. The van der Waals surface area contributed by atoms with Crippen LogP contribution in [0.15, 0.2) is 22.7 Å². The van der Waals surface area contributed by atoms with E-state index in [1.54, 1.807) is 25.2 Å². The van der Waals surface area contributed by atoms with Crippen LogP contribution in [0.4, 0.5) is 0 Å². The molecule has 1 rings (SSSR count). The Morgan fingerprint density at radius 2 is 2.29 bits per heavy atom. The molecule has 0 saturated carbocycles. The predicted molar refractivity (Wildman–Crippen MR) is 58.6 cm³/mol. The number of carbonyl (C=O) groups is 1. The van der Waals surface area contributed by atoms with Gasteiger partial charge in [-0.05, 0) is 40.7 Å². The van der Waals surface area contributed by atoms with Crippen LogP contribution in [-0.2, 0) is 4.79 Å². The van der Waals surface area contributed by atoms with Gasteiger partial charge >= 0.3 is 5.97 Å². The molecule has 1 aromatic rings. The van der Waals surface area contributed by atoms with Gasteiger partial charge in [0.15, 0.2) is 0 Å². The molecule has 1 atom stereocenters. The highest BCUT2D eigenvalue weighted by Crippen LogP contribution is 2.25. The maximum atomic E-state index is 10.8. The van der Waals surface area contributed by atoms with Gasteiger partial charge in [0.25, 0.3) is 0 Å². The van der Waals surface area contributed by atoms with E-state index < -0.39 is 12.0 Å². The number of nitrogens with one attached hydrogen (secondary N) is 1. The molecule has 5 heteroatoms. The summed E-state index contributed by atoms with van der Waals surface area (Å²) in [6.45, 7) is 0. The quantitative estimate of drug-likeness (QED) is 0.893. The Morgan fingerprint density at radius 1 is 1.64 bits per heavy atom. The third-order valence-electron chi connectivity index (χ3n) is 1.81. The maximum absolute atomic E-state index is 10.8. The van der Waals surface area contributed by atoms with Gasteiger partial charge in [-0.2, -0.15) is 0 Å². The number of halogens is 2. The van der Waals surface area contributed by atoms with Crippen molar-refractivity contribution in [3.63, 3.8) is 0 Å². The summed E-state index contributed by atoms with van der Waals surface area (Å²) in [6, 6.07) is 4.34. The van der Waals surface area contributed by atoms with Crippen molar-refractivity contribution in [2.45, 2.75) is 6.04 Å². The summed E-state index contributed by atoms with van der Waals surface area (Å²) in [5.41, 5.74) is 0.633. The van der Waals surface area contributed by atoms with Crippen LogP contribution in [-0.4, -0.2) is 18.1 Å². The zero-order valence-corrected chi connectivity index (χ0v) is 9.76. The molecule has 0 amide bonds. The molecular formula is C9H9BrClNO2. The molecular weight excluding hydrogens is 269 g/mol. The van der Waals surface area contributed by atoms with Crippen molar-refractivity contribution in [2.24, 2.45) is 0 Å². The van der Waals surface area contributed by atoms with Crippen molar-refractivity contribution in [3.8, 4) is 0 Å². The zero-order valence-electron chi connectivity index (χ0n) is 7.42. The van der Waals surface area contributed by atoms with Crippen LogP contribution in [0.25, 0.3) is 0 Å². The molecule has 0 aromatic heterocycles. The predicted octanol–water partition coefficient (Wildman–Crippen LogP) is 2.45. The second kappa shape index (κ2) is 4.77. The van der Waals surface area contributed by atoms with E-state index in [1.165, 1.54) is 0 Å². The SMILES string of the molecule is CNC(C(=O)O)c1ccc(Br)c(Cl)c1. The maximum Gasteiger partial charge on any atom is 0.325 e. The number of rotatable bonds is 3. The van der Waals surface area contributed by atoms with E-state index in [0.717, 1.165) is 4.47 Å². The highest BCUT2D eigenvalue weighted by atomic mass is 79.9. The molecule has 0 saturated heterocycles. The van der Waals surface area contributed by atoms with Gasteiger partial charge in [-0.1, -0.05) is 17.7 Å². The number of hydrogen-bond donors (Lipinski definition) is 2. The summed E-state index contributed by atoms with van der Waals surface area (Å²) in [5, 5.41) is 12.1. The molecule has 0 radical (unpaired) electrons. The first-order chi connectivity index (χ1) is 6.56. The van der Waals surface area contributed by atoms with Crippen molar-refractivity contribution in [1.82, 2.24) is 5.32 Å². The van der Waals surface area contributed by atoms with Crippen LogP contribution >= 0.6 is 27.5 Å². The van der Waals surface area contributed by atoms with Gasteiger partial charge in [0.05, 0.1) is 5.02 Å². The number of hydrogen-bond acceptors (Lipinski definition) is 2. The Kier molecular flexibility index (Phi) is 3.92. The highest BCUT2D eigenvalue weighted by molar-refractivity contribution is 9.10. The minimum absolute atomic E-state index is 0.504. The van der Waals surface area contributed by atoms with E-state index >= 15 is 0 Å². The molecule has 3 nitrogen and oxygen atoms in total. The fourth-order valence-corrected chi connectivity index (χ4v) is 1.56. The van der Waals surface area contributed by atoms with E-state index in [4.69, 9.17) is 16.7 Å². The molecule has 2 N–H and O–H groups in total. The summed E-state index contributed by atoms with van der Waals surface area (Å²) in [4.78, 5) is 10.8. The standard InChI is InChI=1S/C9H9BrClNO2/c1-12-8(9(13)14)5-2-3-6(10)7(11)4-5/h2-4,8,12H,1H3,(H,13,14). The van der Waals surface area contributed by atoms with Crippen molar-refractivity contribution in [1.29, 1.82) is 0 Å². The van der Waals surface area contributed by atoms with Crippen molar-refractivity contribution in [3.05, 3.63) is 33.3 Å². The minimum Gasteiger partial charge on any atom is -0.480 e. The van der Waals surface area contributed by atoms with Crippen molar-refractivity contribution >= 4 is 33.5 Å². The molecule has 76 valence electrons. The molecule has 0 aliphatic heterocycles. The van der Waals surface area contributed by atoms with Gasteiger partial charge in [-0.25, -0.2) is 0 Å². The summed E-state index contributed by atoms with van der Waals surface area (Å²) in [7, 11) is 1.59. The lowest BCUT2D eigenvalue weighted by molar-refractivity contribution is -0.139. The van der Waals surface area contributed by atoms with Crippen molar-refractivity contribution in [2.75, 3.05) is 7.05 Å². The molecule has 14 heavy (non-hydrogen) atoms. The average molecular weight is 279 g/mol. The first-order valence-electron chi connectivity index (χ1n) is 3.91. The van der Waals surface area contributed by atoms with Gasteiger partial charge in [0, 0.05) is 4.47 Å². The van der Waals surface area contributed by atoms with E-state index in [2.05, 4.69) is 21.2 Å². The van der Waals surface area contributed by atoms with Gasteiger partial charge < -0.3 is 10.4 Å². The number of benzene rings is 1. The van der Waals surface area contributed by atoms with Gasteiger partial charge in [0.1, 0.15) is 6.04 Å². The summed E-state index contributed by atoms with van der Waals surface area (Å²) in [5.74, 6) is -0.925. The normalized spacial score (nSPS) is 12.5. The first kappa shape index (κ1) is 11.5. The van der Waals surface area contributed by atoms with Gasteiger partial charge in [-0.3, -0.25) is 4.79 Å². The molecule has 0 aliphatic carbocycles. The first-order valence-corrected chi connectivity index (χ1v) is 5.08. The zero-order chi connectivity index (χ0) is 10.7. The van der Waals surface area contributed by atoms with Crippen LogP contribution in [0.2, 0.25) is 5.02 Å². The lowest BCUT2D eigenvalue weighted by atomic mass is 10.1. The van der Waals surface area contributed by atoms with E-state index in [0.29, 0.717) is 10.6 Å². The Bertz CT molecular complexity index is 357. The van der Waals surface area contributed by atoms with Crippen LogP contribution in [0.5, 0.6) is 0 Å². The number of aliphatic carboxylic acids is 1. The van der Waals surface area contributed by atoms with Crippen molar-refractivity contribution < 1.29 is 9.90 Å². The molecule has 1 aromatic carbocycles. The number of carboxylic acids is 1. The third-order valence-corrected chi connectivity index (χ3v) is 3.05. The monoisotopic (exact) mass is 277 g/mol. The second-order valence-electron chi connectivity index (χ2n) is 2.73. The van der Waals surface area contributed by atoms with E-state index in [1.807, 2.05) is 0 Å². The third kappa shape index (κ3) is 2.47. The topological polar surface area (TPSA) is 49.3 Å². The number of likely N-dealkylation sites (N-methyl/N-ethyl adjacent to an activating group) is 1. The summed E-state index contributed by atoms with van der Waals surface area (Å²) in [6.07, 6.45) is 0. The van der Waals surface area contributed by atoms with Crippen LogP contribution in [0.3, 0.4) is 0 Å². The van der Waals surface area contributed by atoms with Gasteiger partial charge in [0.2, 0.25) is 0 Å². The fraction of sp³-hybridized carbons (Fsp3) is 0.222. The van der Waals surface area contributed by atoms with Crippen LogP contribution in [0, 0.1) is 0 Å². The Labute approximate surface area is 95.2 Å². The highest BCUT2D eigenvalue weighted by Gasteiger charge is 2.17. The smallest absolute Gasteiger partial charge is 0.325 e. The lowest BCUT2D eigenvalue weighted by Gasteiger charge is -2.11. The van der Waals surface area contributed by atoms with Crippen LogP contribution in [0.1, 0.15) is 11.6 Å². The summed E-state index contributed by atoms with van der Waals surface area (Å²) >= 11 is 9.09. The fourth-order valence-electron chi connectivity index (χ4n) is 1.12. The second-order valence-corrected chi connectivity index (χ2v) is 4.00. The largest absolute Gasteiger partial charge is 0.480 e. The molecule has 0 aliphatic rings. The van der Waals surface area contributed by atoms with E-state index in [9.17, 15) is 4.79 Å². The number of carboxylic acid groups (broad SMARTS) is 1. The Balaban J connectivity index is 3.06. The molecule has 1 unspecified atom stereocenters. The van der Waals surface area contributed by atoms with Crippen LogP contribution < -0.4 is 5.32 Å². The van der Waals surface area contributed by atoms with Gasteiger partial charge in [-0.15, -0.1) is 0 Å². The Hall–Kier alpha value is -0.580. The minimum atomic E-state index is -0.925. The Morgan fingerprint density at radius 3 is 2.71 bits per heavy atom. The molecule has 0 bridgehead atoms. The van der Waals surface area contributed by atoms with E-state index in [-0.39, 0.29) is 0 Å². The lowest BCUT2D eigenvalue weighted by Crippen LogP contribution is -2.24. The summed E-state index contributed by atoms with van der Waals surface area (Å²) < 4.78 is 0.753.